The minimum atomic E-state index is -2.19. The van der Waals surface area contributed by atoms with Gasteiger partial charge in [0.15, 0.2) is 14.1 Å². The summed E-state index contributed by atoms with van der Waals surface area (Å²) in [5, 5.41) is 11.3. The molecule has 0 saturated carbocycles. The molecule has 0 radical (unpaired) electrons. The molecule has 1 aliphatic rings. The van der Waals surface area contributed by atoms with Crippen LogP contribution in [0.3, 0.4) is 0 Å². The molecular formula is C36H56N6O5Si. The maximum absolute atomic E-state index is 12.9. The highest BCUT2D eigenvalue weighted by molar-refractivity contribution is 6.74. The van der Waals surface area contributed by atoms with Crippen LogP contribution in [-0.2, 0) is 9.16 Å². The highest BCUT2D eigenvalue weighted by Crippen LogP contribution is 2.38. The highest BCUT2D eigenvalue weighted by Gasteiger charge is 2.40. The van der Waals surface area contributed by atoms with E-state index in [1.165, 1.54) is 0 Å². The van der Waals surface area contributed by atoms with Gasteiger partial charge in [0.1, 0.15) is 29.5 Å². The molecule has 3 aromatic rings. The van der Waals surface area contributed by atoms with Gasteiger partial charge in [-0.2, -0.15) is 0 Å². The van der Waals surface area contributed by atoms with Gasteiger partial charge < -0.3 is 34.0 Å². The van der Waals surface area contributed by atoms with Crippen molar-refractivity contribution < 1.29 is 23.2 Å². The zero-order valence-corrected chi connectivity index (χ0v) is 32.0. The molecule has 11 nitrogen and oxygen atoms in total. The molecule has 4 rings (SSSR count). The molecule has 3 heterocycles. The van der Waals surface area contributed by atoms with Crippen LogP contribution < -0.4 is 15.4 Å². The second kappa shape index (κ2) is 15.0. The number of amides is 1. The third-order valence-electron chi connectivity index (χ3n) is 9.07. The molecule has 12 heteroatoms. The van der Waals surface area contributed by atoms with Gasteiger partial charge in [0, 0.05) is 24.2 Å². The van der Waals surface area contributed by atoms with Crippen LogP contribution in [0.1, 0.15) is 71.4 Å². The Balaban J connectivity index is 1.63. The average molecular weight is 681 g/mol. The third kappa shape index (κ3) is 9.57. The van der Waals surface area contributed by atoms with Crippen molar-refractivity contribution in [2.75, 3.05) is 38.6 Å². The highest BCUT2D eigenvalue weighted by atomic mass is 28.4. The summed E-state index contributed by atoms with van der Waals surface area (Å²) in [5.41, 5.74) is 3.66. The molecule has 1 fully saturated rings. The predicted molar refractivity (Wildman–Crippen MR) is 193 cm³/mol. The first kappa shape index (κ1) is 37.3. The first-order chi connectivity index (χ1) is 22.3. The van der Waals surface area contributed by atoms with Crippen LogP contribution in [0.4, 0.5) is 10.6 Å². The summed E-state index contributed by atoms with van der Waals surface area (Å²) >= 11 is 0. The molecule has 0 aliphatic carbocycles. The van der Waals surface area contributed by atoms with Crippen LogP contribution >= 0.6 is 0 Å². The molecule has 1 amide bonds. The Kier molecular flexibility index (Phi) is 11.6. The van der Waals surface area contributed by atoms with Crippen molar-refractivity contribution in [2.24, 2.45) is 0 Å². The summed E-state index contributed by atoms with van der Waals surface area (Å²) < 4.78 is 24.3. The summed E-state index contributed by atoms with van der Waals surface area (Å²) in [5.74, 6) is 2.76. The second-order valence-corrected chi connectivity index (χ2v) is 20.2. The fourth-order valence-electron chi connectivity index (χ4n) is 5.36. The van der Waals surface area contributed by atoms with Gasteiger partial charge in [-0.05, 0) is 97.7 Å². The number of hydrogen-bond acceptors (Lipinski definition) is 10. The summed E-state index contributed by atoms with van der Waals surface area (Å²) in [6, 6.07) is 8.12. The van der Waals surface area contributed by atoms with Crippen molar-refractivity contribution in [3.05, 3.63) is 41.3 Å². The summed E-state index contributed by atoms with van der Waals surface area (Å²) in [6.07, 6.45) is 1.27. The Hall–Kier alpha value is -3.48. The summed E-state index contributed by atoms with van der Waals surface area (Å²) in [7, 11) is -0.460. The minimum absolute atomic E-state index is 0.0166. The Morgan fingerprint density at radius 1 is 1.10 bits per heavy atom. The molecule has 1 aromatic carbocycles. The summed E-state index contributed by atoms with van der Waals surface area (Å²) in [6.45, 7) is 25.0. The van der Waals surface area contributed by atoms with Crippen LogP contribution in [0.15, 0.2) is 28.8 Å². The number of aromatic nitrogens is 3. The minimum Gasteiger partial charge on any atom is -0.491 e. The lowest BCUT2D eigenvalue weighted by atomic mass is 10.0. The quantitative estimate of drug-likeness (QED) is 0.197. The second-order valence-electron chi connectivity index (χ2n) is 15.4. The van der Waals surface area contributed by atoms with Crippen molar-refractivity contribution in [3.8, 4) is 28.4 Å². The van der Waals surface area contributed by atoms with Gasteiger partial charge in [-0.1, -0.05) is 38.1 Å². The van der Waals surface area contributed by atoms with Crippen LogP contribution in [0.5, 0.6) is 5.75 Å². The number of nitrogens with zero attached hydrogens (tertiary/aromatic N) is 4. The lowest BCUT2D eigenvalue weighted by molar-refractivity contribution is 0.0172. The number of nitrogens with one attached hydrogen (secondary N) is 2. The first-order valence-electron chi connectivity index (χ1n) is 17.0. The van der Waals surface area contributed by atoms with E-state index >= 15 is 0 Å². The summed E-state index contributed by atoms with van der Waals surface area (Å²) in [4.78, 5) is 24.5. The topological polar surface area (TPSA) is 124 Å². The lowest BCUT2D eigenvalue weighted by Gasteiger charge is -2.40. The molecule has 1 aliphatic heterocycles. The normalized spacial score (nSPS) is 15.2. The Bertz CT molecular complexity index is 1540. The number of hydrogen-bond donors (Lipinski definition) is 2. The van der Waals surface area contributed by atoms with Crippen LogP contribution in [0.25, 0.3) is 22.6 Å². The predicted octanol–water partition coefficient (Wildman–Crippen LogP) is 7.52. The first-order valence-corrected chi connectivity index (χ1v) is 19.9. The zero-order chi connectivity index (χ0) is 35.4. The van der Waals surface area contributed by atoms with E-state index in [-0.39, 0.29) is 17.7 Å². The van der Waals surface area contributed by atoms with Crippen molar-refractivity contribution in [2.45, 2.75) is 111 Å². The Morgan fingerprint density at radius 2 is 1.79 bits per heavy atom. The number of anilines is 1. The average Bonchev–Trinajstić information content (AvgIpc) is 3.33. The van der Waals surface area contributed by atoms with Gasteiger partial charge in [-0.3, -0.25) is 0 Å². The van der Waals surface area contributed by atoms with Crippen molar-refractivity contribution in [1.29, 1.82) is 0 Å². The fourth-order valence-corrected chi connectivity index (χ4v) is 6.69. The van der Waals surface area contributed by atoms with Crippen molar-refractivity contribution in [3.63, 3.8) is 0 Å². The van der Waals surface area contributed by atoms with Gasteiger partial charge in [-0.25, -0.2) is 14.8 Å². The van der Waals surface area contributed by atoms with Gasteiger partial charge in [0.05, 0.1) is 29.6 Å². The lowest BCUT2D eigenvalue weighted by Crippen LogP contribution is -2.49. The number of carbonyl (C=O) groups excluding carboxylic acids is 1. The van der Waals surface area contributed by atoms with E-state index in [9.17, 15) is 4.79 Å². The van der Waals surface area contributed by atoms with Gasteiger partial charge in [0.25, 0.3) is 0 Å². The maximum atomic E-state index is 12.9. The van der Waals surface area contributed by atoms with E-state index in [2.05, 4.69) is 49.7 Å². The van der Waals surface area contributed by atoms with Crippen LogP contribution in [0.2, 0.25) is 18.1 Å². The van der Waals surface area contributed by atoms with Gasteiger partial charge in [-0.15, -0.1) is 0 Å². The van der Waals surface area contributed by atoms with E-state index in [0.717, 1.165) is 59.8 Å². The Morgan fingerprint density at radius 3 is 2.40 bits per heavy atom. The molecule has 48 heavy (non-hydrogen) atoms. The van der Waals surface area contributed by atoms with Crippen LogP contribution in [0, 0.1) is 20.8 Å². The van der Waals surface area contributed by atoms with E-state index in [4.69, 9.17) is 28.4 Å². The van der Waals surface area contributed by atoms with E-state index in [1.54, 1.807) is 11.9 Å². The molecule has 0 unspecified atom stereocenters. The molecule has 0 spiro atoms. The standard InChI is InChI=1S/C36H56N6O5Si/c1-23-31(30-24(2)41-46-25(30)3)39-33(40-32(23)38-27-16-18-37-19-17-27)26-14-13-15-28(20-26)44-22-29(47-48(11,12)36(7,8)9)21-42(10)34(43)45-35(4,5)6/h13-15,20,27,29,37H,16-19,21-22H2,1-12H3,(H,38,39,40)/t29-/m0/s1. The Labute approximate surface area is 287 Å². The molecule has 1 saturated heterocycles. The number of ether oxygens (including phenoxy) is 2. The van der Waals surface area contributed by atoms with Gasteiger partial charge in [0.2, 0.25) is 0 Å². The molecule has 1 atom stereocenters. The van der Waals surface area contributed by atoms with Crippen LogP contribution in [-0.4, -0.2) is 85.5 Å². The number of piperidine rings is 1. The molecular weight excluding hydrogens is 625 g/mol. The molecule has 0 bridgehead atoms. The molecule has 2 N–H and O–H groups in total. The fraction of sp³-hybridized carbons (Fsp3) is 0.611. The van der Waals surface area contributed by atoms with Crippen molar-refractivity contribution in [1.82, 2.24) is 25.3 Å². The molecule has 264 valence electrons. The van der Waals surface area contributed by atoms with E-state index in [1.807, 2.05) is 65.8 Å². The van der Waals surface area contributed by atoms with Gasteiger partial charge >= 0.3 is 6.09 Å². The number of benzene rings is 1. The SMILES string of the molecule is Cc1noc(C)c1-c1nc(-c2cccc(OC[C@H](CN(C)C(=O)OC(C)(C)C)O[Si](C)(C)C(C)(C)C)c2)nc(NC2CCNCC2)c1C. The van der Waals surface area contributed by atoms with E-state index in [0.29, 0.717) is 29.9 Å². The number of likely N-dealkylation sites (N-methyl/N-ethyl adjacent to an activating group) is 1. The number of aryl methyl sites for hydroxylation is 2. The van der Waals surface area contributed by atoms with Crippen molar-refractivity contribution >= 4 is 20.2 Å². The van der Waals surface area contributed by atoms with E-state index < -0.39 is 20.0 Å². The monoisotopic (exact) mass is 680 g/mol. The zero-order valence-electron chi connectivity index (χ0n) is 31.0. The third-order valence-corrected chi connectivity index (χ3v) is 13.6. The smallest absolute Gasteiger partial charge is 0.410 e. The number of rotatable bonds is 11. The molecule has 2 aromatic heterocycles. The maximum Gasteiger partial charge on any atom is 0.410 e. The number of carbonyl (C=O) groups is 1. The largest absolute Gasteiger partial charge is 0.491 e.